The van der Waals surface area contributed by atoms with E-state index in [-0.39, 0.29) is 6.61 Å². The van der Waals surface area contributed by atoms with Gasteiger partial charge in [-0.2, -0.15) is 0 Å². The second-order valence-electron chi connectivity index (χ2n) is 3.15. The molecule has 1 rings (SSSR count). The van der Waals surface area contributed by atoms with Crippen molar-refractivity contribution >= 4 is 5.97 Å². The van der Waals surface area contributed by atoms with Gasteiger partial charge in [0.15, 0.2) is 0 Å². The van der Waals surface area contributed by atoms with Gasteiger partial charge in [0.25, 0.3) is 0 Å². The highest BCUT2D eigenvalue weighted by Crippen LogP contribution is 2.03. The number of hydrogen-bond acceptors (Lipinski definition) is 5. The van der Waals surface area contributed by atoms with Crippen molar-refractivity contribution in [2.45, 2.75) is 19.1 Å². The number of nitrogens with two attached hydrogens (primary N) is 1. The highest BCUT2D eigenvalue weighted by Gasteiger charge is 2.14. The van der Waals surface area contributed by atoms with E-state index < -0.39 is 12.0 Å². The molecule has 1 atom stereocenters. The summed E-state index contributed by atoms with van der Waals surface area (Å²) in [5, 5.41) is 8.80. The molecule has 0 saturated carbocycles. The number of esters is 1. The largest absolute Gasteiger partial charge is 0.468 e. The number of carbonyl (C=O) groups excluding carboxylic acids is 1. The zero-order chi connectivity index (χ0) is 11.3. The van der Waals surface area contributed by atoms with Gasteiger partial charge in [-0.05, 0) is 11.6 Å². The van der Waals surface area contributed by atoms with Gasteiger partial charge in [-0.15, -0.1) is 0 Å². The molecule has 0 unspecified atom stereocenters. The summed E-state index contributed by atoms with van der Waals surface area (Å²) in [5.41, 5.74) is 6.99. The molecule has 0 aromatic carbocycles. The molecule has 0 amide bonds. The third-order valence-electron chi connectivity index (χ3n) is 2.00. The molecule has 5 heteroatoms. The molecule has 5 nitrogen and oxygen atoms in total. The Labute approximate surface area is 87.9 Å². The molecule has 0 aliphatic rings. The lowest BCUT2D eigenvalue weighted by atomic mass is 10.1. The van der Waals surface area contributed by atoms with Gasteiger partial charge < -0.3 is 15.6 Å². The highest BCUT2D eigenvalue weighted by molar-refractivity contribution is 5.75. The first kappa shape index (κ1) is 11.6. The zero-order valence-electron chi connectivity index (χ0n) is 8.51. The van der Waals surface area contributed by atoms with Gasteiger partial charge >= 0.3 is 5.97 Å². The molecule has 0 fully saturated rings. The summed E-state index contributed by atoms with van der Waals surface area (Å²) >= 11 is 0. The van der Waals surface area contributed by atoms with Crippen molar-refractivity contribution in [2.24, 2.45) is 5.73 Å². The maximum atomic E-state index is 11.0. The minimum absolute atomic E-state index is 0.0453. The number of ether oxygens (including phenoxy) is 1. The standard InChI is InChI=1S/C10H14N2O3/c1-15-10(14)9(11)4-8-3-2-7(6-13)5-12-8/h2-3,5,9,13H,4,6,11H2,1H3/t9-/m0/s1. The van der Waals surface area contributed by atoms with Crippen LogP contribution in [0.15, 0.2) is 18.3 Å². The number of hydrogen-bond donors (Lipinski definition) is 2. The molecule has 1 aromatic heterocycles. The van der Waals surface area contributed by atoms with Gasteiger partial charge in [-0.25, -0.2) is 0 Å². The quantitative estimate of drug-likeness (QED) is 0.661. The number of aliphatic hydroxyl groups excluding tert-OH is 1. The zero-order valence-corrected chi connectivity index (χ0v) is 8.51. The molecular formula is C10H14N2O3. The van der Waals surface area contributed by atoms with Crippen LogP contribution in [0.5, 0.6) is 0 Å². The van der Waals surface area contributed by atoms with Crippen LogP contribution in [-0.4, -0.2) is 29.2 Å². The minimum Gasteiger partial charge on any atom is -0.468 e. The Balaban J connectivity index is 2.60. The third-order valence-corrected chi connectivity index (χ3v) is 2.00. The molecule has 0 saturated heterocycles. The predicted octanol–water partition coefficient (Wildman–Crippen LogP) is -0.383. The Morgan fingerprint density at radius 2 is 2.40 bits per heavy atom. The van der Waals surface area contributed by atoms with E-state index in [2.05, 4.69) is 9.72 Å². The number of nitrogens with zero attached hydrogens (tertiary/aromatic N) is 1. The molecule has 1 heterocycles. The average molecular weight is 210 g/mol. The van der Waals surface area contributed by atoms with E-state index in [1.54, 1.807) is 18.3 Å². The molecule has 0 aliphatic heterocycles. The molecule has 15 heavy (non-hydrogen) atoms. The normalized spacial score (nSPS) is 12.2. The van der Waals surface area contributed by atoms with E-state index in [1.807, 2.05) is 0 Å². The molecular weight excluding hydrogens is 196 g/mol. The summed E-state index contributed by atoms with van der Waals surface area (Å²) in [5.74, 6) is -0.456. The first-order valence-corrected chi connectivity index (χ1v) is 4.55. The van der Waals surface area contributed by atoms with E-state index in [0.717, 1.165) is 5.56 Å². The van der Waals surface area contributed by atoms with E-state index in [4.69, 9.17) is 10.8 Å². The van der Waals surface area contributed by atoms with Crippen molar-refractivity contribution in [1.29, 1.82) is 0 Å². The number of methoxy groups -OCH3 is 1. The van der Waals surface area contributed by atoms with Gasteiger partial charge in [0.05, 0.1) is 13.7 Å². The Bertz CT molecular complexity index is 324. The van der Waals surface area contributed by atoms with E-state index in [0.29, 0.717) is 12.1 Å². The number of aromatic nitrogens is 1. The first-order chi connectivity index (χ1) is 7.17. The Morgan fingerprint density at radius 1 is 1.67 bits per heavy atom. The Kier molecular flexibility index (Phi) is 4.20. The predicted molar refractivity (Wildman–Crippen MR) is 53.9 cm³/mol. The molecule has 82 valence electrons. The van der Waals surface area contributed by atoms with Gasteiger partial charge in [0, 0.05) is 18.3 Å². The van der Waals surface area contributed by atoms with Gasteiger partial charge in [-0.3, -0.25) is 9.78 Å². The van der Waals surface area contributed by atoms with Crippen molar-refractivity contribution in [3.63, 3.8) is 0 Å². The summed E-state index contributed by atoms with van der Waals surface area (Å²) in [7, 11) is 1.30. The van der Waals surface area contributed by atoms with E-state index >= 15 is 0 Å². The van der Waals surface area contributed by atoms with Crippen molar-refractivity contribution in [1.82, 2.24) is 4.98 Å². The van der Waals surface area contributed by atoms with Crippen LogP contribution in [-0.2, 0) is 22.6 Å². The topological polar surface area (TPSA) is 85.4 Å². The summed E-state index contributed by atoms with van der Waals surface area (Å²) < 4.78 is 4.50. The molecule has 0 bridgehead atoms. The minimum atomic E-state index is -0.692. The second kappa shape index (κ2) is 5.43. The first-order valence-electron chi connectivity index (χ1n) is 4.55. The Hall–Kier alpha value is -1.46. The number of aliphatic hydroxyl groups is 1. The van der Waals surface area contributed by atoms with Gasteiger partial charge in [-0.1, -0.05) is 6.07 Å². The number of rotatable bonds is 4. The fraction of sp³-hybridized carbons (Fsp3) is 0.400. The Morgan fingerprint density at radius 3 is 2.87 bits per heavy atom. The average Bonchev–Trinajstić information content (AvgIpc) is 2.29. The maximum absolute atomic E-state index is 11.0. The molecule has 0 spiro atoms. The lowest BCUT2D eigenvalue weighted by Crippen LogP contribution is -2.33. The molecule has 0 aliphatic carbocycles. The summed E-state index contributed by atoms with van der Waals surface area (Å²) in [4.78, 5) is 15.1. The third kappa shape index (κ3) is 3.30. The molecule has 1 aromatic rings. The summed E-state index contributed by atoms with van der Waals surface area (Å²) in [6.07, 6.45) is 1.89. The van der Waals surface area contributed by atoms with Crippen LogP contribution < -0.4 is 5.73 Å². The van der Waals surface area contributed by atoms with Crippen molar-refractivity contribution in [3.05, 3.63) is 29.6 Å². The van der Waals surface area contributed by atoms with E-state index in [1.165, 1.54) is 7.11 Å². The number of pyridine rings is 1. The van der Waals surface area contributed by atoms with Gasteiger partial charge in [0.2, 0.25) is 0 Å². The maximum Gasteiger partial charge on any atom is 0.323 e. The van der Waals surface area contributed by atoms with Crippen LogP contribution in [0.4, 0.5) is 0 Å². The fourth-order valence-electron chi connectivity index (χ4n) is 1.13. The lowest BCUT2D eigenvalue weighted by Gasteiger charge is -2.08. The summed E-state index contributed by atoms with van der Waals surface area (Å²) in [6, 6.07) is 2.78. The van der Waals surface area contributed by atoms with Crippen LogP contribution in [0.1, 0.15) is 11.3 Å². The van der Waals surface area contributed by atoms with Crippen LogP contribution in [0.2, 0.25) is 0 Å². The SMILES string of the molecule is COC(=O)[C@@H](N)Cc1ccc(CO)cn1. The van der Waals surface area contributed by atoms with Crippen LogP contribution in [0, 0.1) is 0 Å². The smallest absolute Gasteiger partial charge is 0.323 e. The van der Waals surface area contributed by atoms with Crippen LogP contribution in [0.25, 0.3) is 0 Å². The van der Waals surface area contributed by atoms with Crippen molar-refractivity contribution < 1.29 is 14.6 Å². The van der Waals surface area contributed by atoms with Gasteiger partial charge in [0.1, 0.15) is 6.04 Å². The van der Waals surface area contributed by atoms with Crippen molar-refractivity contribution in [3.8, 4) is 0 Å². The second-order valence-corrected chi connectivity index (χ2v) is 3.15. The molecule has 0 radical (unpaired) electrons. The monoisotopic (exact) mass is 210 g/mol. The molecule has 3 N–H and O–H groups in total. The summed E-state index contributed by atoms with van der Waals surface area (Å²) in [6.45, 7) is -0.0453. The number of carbonyl (C=O) groups is 1. The lowest BCUT2D eigenvalue weighted by molar-refractivity contribution is -0.142. The van der Waals surface area contributed by atoms with Crippen LogP contribution >= 0.6 is 0 Å². The van der Waals surface area contributed by atoms with Crippen LogP contribution in [0.3, 0.4) is 0 Å². The fourth-order valence-corrected chi connectivity index (χ4v) is 1.13. The van der Waals surface area contributed by atoms with E-state index in [9.17, 15) is 4.79 Å². The van der Waals surface area contributed by atoms with Crippen molar-refractivity contribution in [2.75, 3.05) is 7.11 Å². The highest BCUT2D eigenvalue weighted by atomic mass is 16.5.